The fourth-order valence-corrected chi connectivity index (χ4v) is 2.73. The molecule has 1 aromatic rings. The van der Waals surface area contributed by atoms with E-state index in [1.165, 1.54) is 7.11 Å². The fourth-order valence-electron chi connectivity index (χ4n) is 2.73. The van der Waals surface area contributed by atoms with Gasteiger partial charge in [0.15, 0.2) is 0 Å². The van der Waals surface area contributed by atoms with Gasteiger partial charge in [-0.25, -0.2) is 4.79 Å². The lowest BCUT2D eigenvalue weighted by atomic mass is 9.93. The molecule has 25 heavy (non-hydrogen) atoms. The molecule has 1 N–H and O–H groups in total. The number of hydrogen-bond acceptors (Lipinski definition) is 5. The van der Waals surface area contributed by atoms with Crippen molar-refractivity contribution in [1.82, 2.24) is 0 Å². The van der Waals surface area contributed by atoms with Gasteiger partial charge < -0.3 is 19.5 Å². The lowest BCUT2D eigenvalue weighted by Crippen LogP contribution is -2.44. The molecule has 0 aromatic heterocycles. The van der Waals surface area contributed by atoms with Gasteiger partial charge in [-0.3, -0.25) is 4.79 Å². The van der Waals surface area contributed by atoms with E-state index in [4.69, 9.17) is 14.2 Å². The van der Waals surface area contributed by atoms with Gasteiger partial charge >= 0.3 is 5.97 Å². The van der Waals surface area contributed by atoms with Crippen LogP contribution >= 0.6 is 0 Å². The minimum Gasteiger partial charge on any atom is -0.496 e. The number of amides is 1. The highest BCUT2D eigenvalue weighted by atomic mass is 16.5. The summed E-state index contributed by atoms with van der Waals surface area (Å²) in [5, 5.41) is 2.83. The summed E-state index contributed by atoms with van der Waals surface area (Å²) in [5.41, 5.74) is -0.180. The topological polar surface area (TPSA) is 73.9 Å². The van der Waals surface area contributed by atoms with Gasteiger partial charge in [0.1, 0.15) is 16.9 Å². The van der Waals surface area contributed by atoms with Crippen LogP contribution in [0.4, 0.5) is 5.69 Å². The summed E-state index contributed by atoms with van der Waals surface area (Å²) in [5.74, 6) is -0.0484. The minimum atomic E-state index is -0.938. The predicted octanol–water partition coefficient (Wildman–Crippen LogP) is 3.65. The quantitative estimate of drug-likeness (QED) is 0.688. The van der Waals surface area contributed by atoms with Crippen LogP contribution in [0.3, 0.4) is 0 Å². The standard InChI is InChI=1S/C19H29NO5/c1-7-24-17(21)15-11-14(9-10-16(15)23-6)20-18(22)19(5,25-8-2)12-13(3)4/h9-11,13H,7-8,12H2,1-6H3,(H,20,22). The van der Waals surface area contributed by atoms with Gasteiger partial charge in [-0.2, -0.15) is 0 Å². The number of rotatable bonds is 9. The third-order valence-corrected chi connectivity index (χ3v) is 3.69. The Bertz CT molecular complexity index is 599. The molecule has 1 rings (SSSR count). The van der Waals surface area contributed by atoms with Gasteiger partial charge in [0, 0.05) is 12.3 Å². The Morgan fingerprint density at radius 2 is 1.88 bits per heavy atom. The van der Waals surface area contributed by atoms with E-state index < -0.39 is 11.6 Å². The Kier molecular flexibility index (Phi) is 7.90. The first-order valence-corrected chi connectivity index (χ1v) is 8.57. The van der Waals surface area contributed by atoms with E-state index in [0.29, 0.717) is 30.4 Å². The van der Waals surface area contributed by atoms with Crippen molar-refractivity contribution < 1.29 is 23.8 Å². The van der Waals surface area contributed by atoms with E-state index in [1.54, 1.807) is 32.0 Å². The van der Waals surface area contributed by atoms with Crippen LogP contribution in [-0.4, -0.2) is 37.8 Å². The van der Waals surface area contributed by atoms with E-state index in [2.05, 4.69) is 5.32 Å². The molecule has 0 bridgehead atoms. The predicted molar refractivity (Wildman–Crippen MR) is 97.1 cm³/mol. The Morgan fingerprint density at radius 3 is 2.40 bits per heavy atom. The number of hydrogen-bond donors (Lipinski definition) is 1. The molecule has 0 radical (unpaired) electrons. The van der Waals surface area contributed by atoms with Crippen molar-refractivity contribution in [2.75, 3.05) is 25.6 Å². The lowest BCUT2D eigenvalue weighted by molar-refractivity contribution is -0.140. The summed E-state index contributed by atoms with van der Waals surface area (Å²) in [6, 6.07) is 4.86. The highest BCUT2D eigenvalue weighted by molar-refractivity contribution is 5.99. The van der Waals surface area contributed by atoms with E-state index in [-0.39, 0.29) is 18.1 Å². The van der Waals surface area contributed by atoms with Crippen molar-refractivity contribution in [3.05, 3.63) is 23.8 Å². The largest absolute Gasteiger partial charge is 0.496 e. The van der Waals surface area contributed by atoms with Crippen LogP contribution in [0.15, 0.2) is 18.2 Å². The monoisotopic (exact) mass is 351 g/mol. The number of ether oxygens (including phenoxy) is 3. The molecule has 140 valence electrons. The zero-order valence-electron chi connectivity index (χ0n) is 16.0. The molecule has 0 saturated heterocycles. The van der Waals surface area contributed by atoms with Crippen LogP contribution < -0.4 is 10.1 Å². The third kappa shape index (κ3) is 5.74. The highest BCUT2D eigenvalue weighted by Crippen LogP contribution is 2.27. The maximum Gasteiger partial charge on any atom is 0.341 e. The van der Waals surface area contributed by atoms with Crippen LogP contribution in [0.5, 0.6) is 5.75 Å². The van der Waals surface area contributed by atoms with Crippen molar-refractivity contribution in [3.63, 3.8) is 0 Å². The van der Waals surface area contributed by atoms with E-state index in [9.17, 15) is 9.59 Å². The molecule has 0 aliphatic carbocycles. The Balaban J connectivity index is 3.06. The van der Waals surface area contributed by atoms with Crippen LogP contribution in [0.2, 0.25) is 0 Å². The normalized spacial score (nSPS) is 13.2. The molecule has 0 aliphatic rings. The van der Waals surface area contributed by atoms with Crippen LogP contribution in [0.25, 0.3) is 0 Å². The molecule has 1 atom stereocenters. The first kappa shape index (κ1) is 21.0. The molecule has 0 spiro atoms. The van der Waals surface area contributed by atoms with Crippen molar-refractivity contribution in [1.29, 1.82) is 0 Å². The van der Waals surface area contributed by atoms with E-state index >= 15 is 0 Å². The number of benzene rings is 1. The van der Waals surface area contributed by atoms with Crippen LogP contribution in [-0.2, 0) is 14.3 Å². The van der Waals surface area contributed by atoms with Crippen molar-refractivity contribution >= 4 is 17.6 Å². The molecule has 1 aromatic carbocycles. The van der Waals surface area contributed by atoms with Gasteiger partial charge in [0.25, 0.3) is 5.91 Å². The Morgan fingerprint density at radius 1 is 1.20 bits per heavy atom. The lowest BCUT2D eigenvalue weighted by Gasteiger charge is -2.30. The second kappa shape index (κ2) is 9.42. The van der Waals surface area contributed by atoms with Gasteiger partial charge in [0.05, 0.1) is 13.7 Å². The minimum absolute atomic E-state index is 0.247. The number of anilines is 1. The van der Waals surface area contributed by atoms with E-state index in [0.717, 1.165) is 0 Å². The maximum atomic E-state index is 12.7. The second-order valence-electron chi connectivity index (χ2n) is 6.35. The summed E-state index contributed by atoms with van der Waals surface area (Å²) >= 11 is 0. The van der Waals surface area contributed by atoms with Gasteiger partial charge in [-0.05, 0) is 51.3 Å². The van der Waals surface area contributed by atoms with Gasteiger partial charge in [0.2, 0.25) is 0 Å². The first-order valence-electron chi connectivity index (χ1n) is 8.57. The zero-order valence-corrected chi connectivity index (χ0v) is 16.0. The molecule has 6 nitrogen and oxygen atoms in total. The maximum absolute atomic E-state index is 12.7. The molecule has 0 aliphatic heterocycles. The summed E-state index contributed by atoms with van der Waals surface area (Å²) in [6.07, 6.45) is 0.591. The third-order valence-electron chi connectivity index (χ3n) is 3.69. The molecule has 1 unspecified atom stereocenters. The molecule has 0 heterocycles. The molecule has 0 saturated carbocycles. The SMILES string of the molecule is CCOC(=O)c1cc(NC(=O)C(C)(CC(C)C)OCC)ccc1OC. The number of carbonyl (C=O) groups is 2. The van der Waals surface area contributed by atoms with Crippen molar-refractivity contribution in [3.8, 4) is 5.75 Å². The average Bonchev–Trinajstić information content (AvgIpc) is 2.54. The summed E-state index contributed by atoms with van der Waals surface area (Å²) < 4.78 is 15.9. The second-order valence-corrected chi connectivity index (χ2v) is 6.35. The fraction of sp³-hybridized carbons (Fsp3) is 0.579. The number of esters is 1. The van der Waals surface area contributed by atoms with Crippen molar-refractivity contribution in [2.45, 2.75) is 46.6 Å². The average molecular weight is 351 g/mol. The van der Waals surface area contributed by atoms with Crippen molar-refractivity contribution in [2.24, 2.45) is 5.92 Å². The Hall–Kier alpha value is -2.08. The summed E-state index contributed by atoms with van der Waals surface area (Å²) in [4.78, 5) is 24.8. The number of nitrogens with one attached hydrogen (secondary N) is 1. The van der Waals surface area contributed by atoms with Gasteiger partial charge in [-0.1, -0.05) is 13.8 Å². The summed E-state index contributed by atoms with van der Waals surface area (Å²) in [7, 11) is 1.48. The molecule has 6 heteroatoms. The molecule has 0 fully saturated rings. The zero-order chi connectivity index (χ0) is 19.0. The summed E-state index contributed by atoms with van der Waals surface area (Å²) in [6.45, 7) is 10.1. The van der Waals surface area contributed by atoms with E-state index in [1.807, 2.05) is 20.8 Å². The molecular weight excluding hydrogens is 322 g/mol. The number of methoxy groups -OCH3 is 1. The highest BCUT2D eigenvalue weighted by Gasteiger charge is 2.34. The smallest absolute Gasteiger partial charge is 0.341 e. The Labute approximate surface area is 149 Å². The van der Waals surface area contributed by atoms with Gasteiger partial charge in [-0.15, -0.1) is 0 Å². The van der Waals surface area contributed by atoms with Crippen LogP contribution in [0, 0.1) is 5.92 Å². The molecular formula is C19H29NO5. The molecule has 1 amide bonds. The first-order chi connectivity index (χ1) is 11.8. The number of carbonyl (C=O) groups excluding carboxylic acids is 2. The van der Waals surface area contributed by atoms with Crippen LogP contribution in [0.1, 0.15) is 51.4 Å².